The molecule has 2 aliphatic rings. The smallest absolute Gasteiger partial charge is 0.256 e. The van der Waals surface area contributed by atoms with E-state index in [4.69, 9.17) is 4.98 Å². The summed E-state index contributed by atoms with van der Waals surface area (Å²) < 4.78 is 15.6. The van der Waals surface area contributed by atoms with E-state index in [9.17, 15) is 14.3 Å². The fraction of sp³-hybridized carbons (Fsp3) is 0.556. The average Bonchev–Trinajstić information content (AvgIpc) is 3.51. The lowest BCUT2D eigenvalue weighted by Gasteiger charge is -2.25. The molecular weight excluding hydrogens is 445 g/mol. The zero-order valence-corrected chi connectivity index (χ0v) is 20.3. The monoisotopic (exact) mass is 479 g/mol. The molecule has 2 aliphatic carbocycles. The second-order valence-corrected chi connectivity index (χ2v) is 10.1. The van der Waals surface area contributed by atoms with Crippen LogP contribution in [0.4, 0.5) is 4.39 Å². The molecule has 5 rings (SSSR count). The minimum atomic E-state index is -0.258. The van der Waals surface area contributed by atoms with E-state index in [0.717, 1.165) is 81.2 Å². The molecule has 186 valence electrons. The van der Waals surface area contributed by atoms with Gasteiger partial charge in [0.15, 0.2) is 5.65 Å². The molecule has 8 heteroatoms. The summed E-state index contributed by atoms with van der Waals surface area (Å²) in [5.41, 5.74) is 4.07. The van der Waals surface area contributed by atoms with Gasteiger partial charge in [-0.25, -0.2) is 13.9 Å². The Hall–Kier alpha value is -2.87. The molecule has 3 heterocycles. The third-order valence-electron chi connectivity index (χ3n) is 7.84. The van der Waals surface area contributed by atoms with E-state index in [2.05, 4.69) is 22.3 Å². The molecule has 3 aromatic rings. The van der Waals surface area contributed by atoms with Crippen LogP contribution in [0.25, 0.3) is 5.65 Å². The normalized spacial score (nSPS) is 24.7. The van der Waals surface area contributed by atoms with Crippen molar-refractivity contribution in [1.82, 2.24) is 24.9 Å². The zero-order valence-electron chi connectivity index (χ0n) is 20.3. The highest BCUT2D eigenvalue weighted by Gasteiger charge is 2.30. The molecular formula is C27H34FN5O2. The van der Waals surface area contributed by atoms with Crippen molar-refractivity contribution in [2.45, 2.75) is 89.2 Å². The molecule has 7 nitrogen and oxygen atoms in total. The molecule has 2 saturated carbocycles. The number of hydrogen-bond donors (Lipinski definition) is 2. The van der Waals surface area contributed by atoms with Crippen molar-refractivity contribution < 1.29 is 14.3 Å². The van der Waals surface area contributed by atoms with Crippen molar-refractivity contribution in [1.29, 1.82) is 0 Å². The number of rotatable bonds is 7. The first-order valence-electron chi connectivity index (χ1n) is 13.0. The van der Waals surface area contributed by atoms with Crippen molar-refractivity contribution >= 4 is 11.6 Å². The van der Waals surface area contributed by atoms with Crippen molar-refractivity contribution in [3.05, 3.63) is 59.1 Å². The van der Waals surface area contributed by atoms with Gasteiger partial charge in [-0.1, -0.05) is 13.3 Å². The van der Waals surface area contributed by atoms with Crippen LogP contribution in [0.2, 0.25) is 0 Å². The molecule has 0 radical (unpaired) electrons. The van der Waals surface area contributed by atoms with E-state index in [1.165, 1.54) is 6.20 Å². The fourth-order valence-corrected chi connectivity index (χ4v) is 5.91. The van der Waals surface area contributed by atoms with Gasteiger partial charge in [0.05, 0.1) is 18.5 Å². The highest BCUT2D eigenvalue weighted by atomic mass is 19.1. The number of aryl methyl sites for hydroxylation is 2. The molecule has 2 N–H and O–H groups in total. The number of amides is 1. The summed E-state index contributed by atoms with van der Waals surface area (Å²) in [5, 5.41) is 17.1. The Balaban J connectivity index is 1.28. The summed E-state index contributed by atoms with van der Waals surface area (Å²) in [6.07, 6.45) is 13.4. The van der Waals surface area contributed by atoms with Crippen LogP contribution in [0.3, 0.4) is 0 Å². The summed E-state index contributed by atoms with van der Waals surface area (Å²) >= 11 is 0. The van der Waals surface area contributed by atoms with Gasteiger partial charge in [0.1, 0.15) is 11.4 Å². The van der Waals surface area contributed by atoms with Gasteiger partial charge in [-0.3, -0.25) is 9.78 Å². The molecule has 1 amide bonds. The number of aromatic nitrogens is 4. The molecule has 0 saturated heterocycles. The molecule has 2 fully saturated rings. The Morgan fingerprint density at radius 3 is 2.83 bits per heavy atom. The van der Waals surface area contributed by atoms with Crippen molar-refractivity contribution in [3.8, 4) is 0 Å². The van der Waals surface area contributed by atoms with Gasteiger partial charge in [0.25, 0.3) is 5.91 Å². The number of nitrogens with zero attached hydrogens (tertiary/aromatic N) is 4. The zero-order chi connectivity index (χ0) is 24.4. The topological polar surface area (TPSA) is 92.4 Å². The predicted octanol–water partition coefficient (Wildman–Crippen LogP) is 4.38. The number of carbonyl (C=O) groups is 1. The van der Waals surface area contributed by atoms with Crippen LogP contribution in [0.1, 0.15) is 91.5 Å². The van der Waals surface area contributed by atoms with Crippen molar-refractivity contribution in [2.24, 2.45) is 5.92 Å². The molecule has 0 spiro atoms. The van der Waals surface area contributed by atoms with E-state index >= 15 is 0 Å². The minimum absolute atomic E-state index is 0.0775. The molecule has 0 aliphatic heterocycles. The summed E-state index contributed by atoms with van der Waals surface area (Å²) in [7, 11) is 0. The SMILES string of the molecule is CCc1ncc(F)cc1[C@H]1CCCC1CCc1ccn2ncc(C(=O)NC3CCC(O)CC3)c2n1. The largest absolute Gasteiger partial charge is 0.393 e. The molecule has 0 aromatic carbocycles. The van der Waals surface area contributed by atoms with E-state index in [1.807, 2.05) is 12.3 Å². The Morgan fingerprint density at radius 2 is 2.03 bits per heavy atom. The number of nitrogens with one attached hydrogen (secondary N) is 1. The van der Waals surface area contributed by atoms with Gasteiger partial charge < -0.3 is 10.4 Å². The van der Waals surface area contributed by atoms with E-state index < -0.39 is 0 Å². The number of fused-ring (bicyclic) bond motifs is 1. The Bertz CT molecular complexity index is 1190. The van der Waals surface area contributed by atoms with Crippen molar-refractivity contribution in [2.75, 3.05) is 0 Å². The predicted molar refractivity (Wildman–Crippen MR) is 131 cm³/mol. The highest BCUT2D eigenvalue weighted by Crippen LogP contribution is 2.43. The maximum atomic E-state index is 14.0. The lowest BCUT2D eigenvalue weighted by molar-refractivity contribution is 0.0869. The third kappa shape index (κ3) is 5.22. The second-order valence-electron chi connectivity index (χ2n) is 10.1. The van der Waals surface area contributed by atoms with Crippen LogP contribution in [-0.4, -0.2) is 42.7 Å². The standard InChI is InChI=1S/C27H34FN5O2/c1-2-25-23(14-18(28)15-29-25)22-5-3-4-17(22)6-7-20-12-13-33-26(31-20)24(16-30-33)27(35)32-19-8-10-21(34)11-9-19/h12-17,19,21-22,34H,2-11H2,1H3,(H,32,35)/t17?,19?,21?,22-/m0/s1. The maximum absolute atomic E-state index is 14.0. The lowest BCUT2D eigenvalue weighted by Crippen LogP contribution is -2.38. The Labute approximate surface area is 205 Å². The van der Waals surface area contributed by atoms with Crippen LogP contribution in [0.15, 0.2) is 30.7 Å². The van der Waals surface area contributed by atoms with Gasteiger partial charge in [-0.2, -0.15) is 5.10 Å². The fourth-order valence-electron chi connectivity index (χ4n) is 5.91. The van der Waals surface area contributed by atoms with E-state index in [1.54, 1.807) is 16.8 Å². The van der Waals surface area contributed by atoms with Crippen LogP contribution in [0.5, 0.6) is 0 Å². The van der Waals surface area contributed by atoms with Gasteiger partial charge in [-0.05, 0) is 87.3 Å². The van der Waals surface area contributed by atoms with Crippen LogP contribution in [0, 0.1) is 11.7 Å². The number of halogens is 1. The minimum Gasteiger partial charge on any atom is -0.393 e. The van der Waals surface area contributed by atoms with Gasteiger partial charge >= 0.3 is 0 Å². The maximum Gasteiger partial charge on any atom is 0.256 e. The Kier molecular flexibility index (Phi) is 7.09. The highest BCUT2D eigenvalue weighted by molar-refractivity contribution is 5.99. The summed E-state index contributed by atoms with van der Waals surface area (Å²) in [6.45, 7) is 2.07. The Morgan fingerprint density at radius 1 is 1.20 bits per heavy atom. The number of aliphatic hydroxyl groups is 1. The molecule has 3 aromatic heterocycles. The van der Waals surface area contributed by atoms with Crippen LogP contribution >= 0.6 is 0 Å². The second kappa shape index (κ2) is 10.4. The van der Waals surface area contributed by atoms with Crippen LogP contribution < -0.4 is 5.32 Å². The molecule has 35 heavy (non-hydrogen) atoms. The molecule has 2 atom stereocenters. The third-order valence-corrected chi connectivity index (χ3v) is 7.84. The van der Waals surface area contributed by atoms with E-state index in [0.29, 0.717) is 23.0 Å². The molecule has 1 unspecified atom stereocenters. The number of carbonyl (C=O) groups excluding carboxylic acids is 1. The molecule has 0 bridgehead atoms. The number of hydrogen-bond acceptors (Lipinski definition) is 5. The summed E-state index contributed by atoms with van der Waals surface area (Å²) in [4.78, 5) is 22.1. The van der Waals surface area contributed by atoms with Crippen LogP contribution in [-0.2, 0) is 12.8 Å². The first kappa shape index (κ1) is 23.9. The summed E-state index contributed by atoms with van der Waals surface area (Å²) in [6, 6.07) is 3.73. The number of pyridine rings is 1. The lowest BCUT2D eigenvalue weighted by atomic mass is 9.84. The quantitative estimate of drug-likeness (QED) is 0.525. The van der Waals surface area contributed by atoms with Crippen molar-refractivity contribution in [3.63, 3.8) is 0 Å². The number of aliphatic hydroxyl groups excluding tert-OH is 1. The first-order chi connectivity index (χ1) is 17.0. The summed E-state index contributed by atoms with van der Waals surface area (Å²) in [5.74, 6) is 0.386. The average molecular weight is 480 g/mol. The van der Waals surface area contributed by atoms with Gasteiger partial charge in [0, 0.05) is 23.6 Å². The van der Waals surface area contributed by atoms with Gasteiger partial charge in [0.2, 0.25) is 0 Å². The van der Waals surface area contributed by atoms with E-state index in [-0.39, 0.29) is 23.9 Å². The first-order valence-corrected chi connectivity index (χ1v) is 13.0. The van der Waals surface area contributed by atoms with Gasteiger partial charge in [-0.15, -0.1) is 0 Å².